The number of piperidine rings is 1. The van der Waals surface area contributed by atoms with Gasteiger partial charge in [-0.1, -0.05) is 0 Å². The molecule has 3 aliphatic heterocycles. The van der Waals surface area contributed by atoms with Crippen molar-refractivity contribution in [3.8, 4) is 0 Å². The van der Waals surface area contributed by atoms with Gasteiger partial charge >= 0.3 is 0 Å². The molecule has 2 spiro atoms. The van der Waals surface area contributed by atoms with Gasteiger partial charge in [0.2, 0.25) is 15.9 Å². The SMILES string of the molecule is CCN1CCC2(CN(S(C)(=O)=O)CC23CCN(C(=O)c2ccsc2)CC3)C1=O. The molecule has 1 aromatic heterocycles. The zero-order valence-electron chi connectivity index (χ0n) is 16.4. The van der Waals surface area contributed by atoms with Gasteiger partial charge in [0.1, 0.15) is 0 Å². The van der Waals surface area contributed by atoms with Gasteiger partial charge < -0.3 is 9.80 Å². The topological polar surface area (TPSA) is 78.0 Å². The molecule has 0 bridgehead atoms. The highest BCUT2D eigenvalue weighted by molar-refractivity contribution is 7.88. The van der Waals surface area contributed by atoms with Crippen molar-refractivity contribution in [3.63, 3.8) is 0 Å². The van der Waals surface area contributed by atoms with Gasteiger partial charge in [0.25, 0.3) is 5.91 Å². The van der Waals surface area contributed by atoms with Gasteiger partial charge in [-0.3, -0.25) is 9.59 Å². The number of hydrogen-bond acceptors (Lipinski definition) is 5. The van der Waals surface area contributed by atoms with Crippen LogP contribution in [0, 0.1) is 10.8 Å². The smallest absolute Gasteiger partial charge is 0.254 e. The Morgan fingerprint density at radius 1 is 1.18 bits per heavy atom. The Kier molecular flexibility index (Phi) is 4.83. The number of thiophene rings is 1. The molecule has 7 nitrogen and oxygen atoms in total. The fourth-order valence-electron chi connectivity index (χ4n) is 5.37. The van der Waals surface area contributed by atoms with Gasteiger partial charge in [-0.2, -0.15) is 11.3 Å². The van der Waals surface area contributed by atoms with E-state index in [4.69, 9.17) is 0 Å². The Bertz CT molecular complexity index is 875. The molecular formula is C19H27N3O4S2. The van der Waals surface area contributed by atoms with Gasteiger partial charge in [-0.25, -0.2) is 12.7 Å². The average Bonchev–Trinajstić information content (AvgIpc) is 3.36. The van der Waals surface area contributed by atoms with Crippen LogP contribution in [-0.4, -0.2) is 79.9 Å². The van der Waals surface area contributed by atoms with Crippen LogP contribution in [-0.2, 0) is 14.8 Å². The Morgan fingerprint density at radius 2 is 1.89 bits per heavy atom. The van der Waals surface area contributed by atoms with E-state index in [1.807, 2.05) is 33.6 Å². The molecule has 0 aromatic carbocycles. The summed E-state index contributed by atoms with van der Waals surface area (Å²) in [7, 11) is -3.37. The third-order valence-corrected chi connectivity index (χ3v) is 8.95. The summed E-state index contributed by atoms with van der Waals surface area (Å²) in [5.41, 5.74) is -0.333. The Labute approximate surface area is 170 Å². The zero-order chi connectivity index (χ0) is 20.2. The minimum atomic E-state index is -3.37. The number of carbonyl (C=O) groups excluding carboxylic acids is 2. The third-order valence-electron chi connectivity index (χ3n) is 7.07. The lowest BCUT2D eigenvalue weighted by Crippen LogP contribution is -2.53. The molecule has 4 heterocycles. The summed E-state index contributed by atoms with van der Waals surface area (Å²) >= 11 is 1.50. The number of carbonyl (C=O) groups is 2. The molecular weight excluding hydrogens is 398 g/mol. The van der Waals surface area contributed by atoms with Crippen LogP contribution >= 0.6 is 11.3 Å². The van der Waals surface area contributed by atoms with Crippen LogP contribution in [0.2, 0.25) is 0 Å². The summed E-state index contributed by atoms with van der Waals surface area (Å²) in [5, 5.41) is 3.75. The number of hydrogen-bond donors (Lipinski definition) is 0. The molecule has 0 aliphatic carbocycles. The molecule has 154 valence electrons. The van der Waals surface area contributed by atoms with Crippen LogP contribution in [0.3, 0.4) is 0 Å². The molecule has 3 fully saturated rings. The Morgan fingerprint density at radius 3 is 2.43 bits per heavy atom. The molecule has 2 amide bonds. The standard InChI is InChI=1S/C19H27N3O4S2/c1-3-20-10-7-19(17(20)24)14-22(28(2,25)26)13-18(19)5-8-21(9-6-18)16(23)15-4-11-27-12-15/h4,11-12H,3,5-10,13-14H2,1-2H3. The molecule has 0 saturated carbocycles. The second-order valence-corrected chi connectivity index (χ2v) is 11.1. The van der Waals surface area contributed by atoms with E-state index >= 15 is 0 Å². The minimum absolute atomic E-state index is 0.0241. The second-order valence-electron chi connectivity index (χ2n) is 8.33. The van der Waals surface area contributed by atoms with E-state index in [-0.39, 0.29) is 23.8 Å². The van der Waals surface area contributed by atoms with Gasteiger partial charge in [-0.15, -0.1) is 0 Å². The van der Waals surface area contributed by atoms with E-state index in [1.54, 1.807) is 0 Å². The monoisotopic (exact) mass is 425 g/mol. The number of amides is 2. The summed E-state index contributed by atoms with van der Waals surface area (Å²) in [6.45, 7) is 5.09. The first-order valence-electron chi connectivity index (χ1n) is 9.78. The molecule has 3 saturated heterocycles. The zero-order valence-corrected chi connectivity index (χ0v) is 18.0. The van der Waals surface area contributed by atoms with Crippen molar-refractivity contribution >= 4 is 33.2 Å². The predicted molar refractivity (Wildman–Crippen MR) is 108 cm³/mol. The van der Waals surface area contributed by atoms with E-state index in [1.165, 1.54) is 21.9 Å². The molecule has 0 radical (unpaired) electrons. The van der Waals surface area contributed by atoms with E-state index in [9.17, 15) is 18.0 Å². The first-order valence-corrected chi connectivity index (χ1v) is 12.6. The molecule has 3 aliphatic rings. The molecule has 28 heavy (non-hydrogen) atoms. The summed E-state index contributed by atoms with van der Waals surface area (Å²) in [6.07, 6.45) is 3.26. The first kappa shape index (κ1) is 19.8. The highest BCUT2D eigenvalue weighted by Gasteiger charge is 2.66. The normalized spacial score (nSPS) is 28.0. The van der Waals surface area contributed by atoms with Gasteiger partial charge in [0, 0.05) is 50.1 Å². The molecule has 9 heteroatoms. The van der Waals surface area contributed by atoms with Crippen LogP contribution < -0.4 is 0 Å². The summed E-state index contributed by atoms with van der Waals surface area (Å²) in [6, 6.07) is 1.83. The van der Waals surface area contributed by atoms with Crippen LogP contribution in [0.25, 0.3) is 0 Å². The highest BCUT2D eigenvalue weighted by Crippen LogP contribution is 2.58. The molecule has 4 rings (SSSR count). The molecule has 1 aromatic rings. The largest absolute Gasteiger partial charge is 0.342 e. The maximum absolute atomic E-state index is 13.3. The minimum Gasteiger partial charge on any atom is -0.342 e. The lowest BCUT2D eigenvalue weighted by atomic mass is 9.60. The van der Waals surface area contributed by atoms with Crippen molar-refractivity contribution in [2.75, 3.05) is 45.5 Å². The summed E-state index contributed by atoms with van der Waals surface area (Å²) < 4.78 is 26.1. The number of sulfonamides is 1. The number of nitrogens with zero attached hydrogens (tertiary/aromatic N) is 3. The Hall–Kier alpha value is -1.45. The number of fused-ring (bicyclic) bond motifs is 1. The number of rotatable bonds is 3. The maximum Gasteiger partial charge on any atom is 0.254 e. The third kappa shape index (κ3) is 2.90. The van der Waals surface area contributed by atoms with Crippen molar-refractivity contribution in [1.29, 1.82) is 0 Å². The maximum atomic E-state index is 13.3. The molecule has 1 atom stereocenters. The van der Waals surface area contributed by atoms with Crippen molar-refractivity contribution < 1.29 is 18.0 Å². The molecule has 0 N–H and O–H groups in total. The molecule has 1 unspecified atom stereocenters. The van der Waals surface area contributed by atoms with Gasteiger partial charge in [0.15, 0.2) is 0 Å². The van der Waals surface area contributed by atoms with E-state index in [2.05, 4.69) is 0 Å². The quantitative estimate of drug-likeness (QED) is 0.735. The van der Waals surface area contributed by atoms with Crippen LogP contribution in [0.1, 0.15) is 36.5 Å². The van der Waals surface area contributed by atoms with Crippen molar-refractivity contribution in [2.24, 2.45) is 10.8 Å². The fourth-order valence-corrected chi connectivity index (χ4v) is 6.93. The van der Waals surface area contributed by atoms with Crippen LogP contribution in [0.4, 0.5) is 0 Å². The van der Waals surface area contributed by atoms with E-state index in [0.717, 1.165) is 0 Å². The lowest BCUT2D eigenvalue weighted by Gasteiger charge is -2.46. The first-order chi connectivity index (χ1) is 13.2. The fraction of sp³-hybridized carbons (Fsp3) is 0.684. The Balaban J connectivity index is 1.61. The highest BCUT2D eigenvalue weighted by atomic mass is 32.2. The van der Waals surface area contributed by atoms with Crippen LogP contribution in [0.15, 0.2) is 16.8 Å². The van der Waals surface area contributed by atoms with E-state index < -0.39 is 15.4 Å². The van der Waals surface area contributed by atoms with Crippen molar-refractivity contribution in [2.45, 2.75) is 26.2 Å². The summed E-state index contributed by atoms with van der Waals surface area (Å²) in [5.74, 6) is 0.120. The average molecular weight is 426 g/mol. The van der Waals surface area contributed by atoms with E-state index in [0.29, 0.717) is 57.5 Å². The lowest BCUT2D eigenvalue weighted by molar-refractivity contribution is -0.141. The van der Waals surface area contributed by atoms with Crippen molar-refractivity contribution in [1.82, 2.24) is 14.1 Å². The predicted octanol–water partition coefficient (Wildman–Crippen LogP) is 1.48. The van der Waals surface area contributed by atoms with Crippen molar-refractivity contribution in [3.05, 3.63) is 22.4 Å². The second kappa shape index (κ2) is 6.81. The van der Waals surface area contributed by atoms with Crippen LogP contribution in [0.5, 0.6) is 0 Å². The van der Waals surface area contributed by atoms with Gasteiger partial charge in [0.05, 0.1) is 17.2 Å². The number of likely N-dealkylation sites (tertiary alicyclic amines) is 2. The summed E-state index contributed by atoms with van der Waals surface area (Å²) in [4.78, 5) is 29.8. The van der Waals surface area contributed by atoms with Gasteiger partial charge in [-0.05, 0) is 37.6 Å².